The van der Waals surface area contributed by atoms with Crippen LogP contribution in [0.3, 0.4) is 0 Å². The average Bonchev–Trinajstić information content (AvgIpc) is 3.20. The quantitative estimate of drug-likeness (QED) is 0.908. The third-order valence-corrected chi connectivity index (χ3v) is 3.70. The zero-order valence-corrected chi connectivity index (χ0v) is 12.3. The SMILES string of the molecule is CCCn1cc(-c2nc(C3CC3)nc(NC)c2C)cn1. The molecule has 1 aliphatic rings. The molecule has 5 heteroatoms. The molecule has 1 aliphatic carbocycles. The molecule has 1 saturated carbocycles. The maximum Gasteiger partial charge on any atom is 0.134 e. The van der Waals surface area contributed by atoms with Gasteiger partial charge >= 0.3 is 0 Å². The molecule has 2 aromatic heterocycles. The molecule has 0 amide bonds. The summed E-state index contributed by atoms with van der Waals surface area (Å²) in [6.07, 6.45) is 7.48. The largest absolute Gasteiger partial charge is 0.373 e. The van der Waals surface area contributed by atoms with Crippen molar-refractivity contribution in [3.63, 3.8) is 0 Å². The summed E-state index contributed by atoms with van der Waals surface area (Å²) in [6, 6.07) is 0. The van der Waals surface area contributed by atoms with Crippen LogP contribution in [-0.4, -0.2) is 26.8 Å². The number of rotatable bonds is 5. The zero-order chi connectivity index (χ0) is 14.1. The fourth-order valence-corrected chi connectivity index (χ4v) is 2.42. The fraction of sp³-hybridized carbons (Fsp3) is 0.533. The number of anilines is 1. The molecule has 0 unspecified atom stereocenters. The minimum absolute atomic E-state index is 0.548. The summed E-state index contributed by atoms with van der Waals surface area (Å²) in [6.45, 7) is 5.16. The maximum atomic E-state index is 4.78. The molecule has 106 valence electrons. The molecule has 0 atom stereocenters. The molecule has 0 bridgehead atoms. The van der Waals surface area contributed by atoms with Gasteiger partial charge < -0.3 is 5.32 Å². The Morgan fingerprint density at radius 2 is 2.15 bits per heavy atom. The van der Waals surface area contributed by atoms with Crippen molar-refractivity contribution in [2.75, 3.05) is 12.4 Å². The van der Waals surface area contributed by atoms with Crippen LogP contribution in [0.4, 0.5) is 5.82 Å². The second-order valence-corrected chi connectivity index (χ2v) is 5.42. The lowest BCUT2D eigenvalue weighted by Gasteiger charge is -2.10. The van der Waals surface area contributed by atoms with E-state index in [4.69, 9.17) is 4.98 Å². The first kappa shape index (κ1) is 13.1. The molecule has 1 N–H and O–H groups in total. The Labute approximate surface area is 119 Å². The Hall–Kier alpha value is -1.91. The van der Waals surface area contributed by atoms with E-state index in [1.807, 2.05) is 17.9 Å². The second kappa shape index (κ2) is 5.23. The van der Waals surface area contributed by atoms with Crippen LogP contribution in [0.15, 0.2) is 12.4 Å². The van der Waals surface area contributed by atoms with E-state index in [-0.39, 0.29) is 0 Å². The Bertz CT molecular complexity index is 613. The van der Waals surface area contributed by atoms with Crippen LogP contribution in [-0.2, 0) is 6.54 Å². The van der Waals surface area contributed by atoms with Crippen molar-refractivity contribution in [3.05, 3.63) is 23.8 Å². The highest BCUT2D eigenvalue weighted by Crippen LogP contribution is 2.40. The van der Waals surface area contributed by atoms with Crippen LogP contribution in [0, 0.1) is 6.92 Å². The van der Waals surface area contributed by atoms with Crippen molar-refractivity contribution in [1.82, 2.24) is 19.7 Å². The summed E-state index contributed by atoms with van der Waals surface area (Å²) < 4.78 is 1.98. The highest BCUT2D eigenvalue weighted by molar-refractivity contribution is 5.67. The van der Waals surface area contributed by atoms with Crippen molar-refractivity contribution < 1.29 is 0 Å². The molecule has 0 aromatic carbocycles. The van der Waals surface area contributed by atoms with Crippen molar-refractivity contribution >= 4 is 5.82 Å². The van der Waals surface area contributed by atoms with Gasteiger partial charge in [0.15, 0.2) is 0 Å². The molecule has 3 rings (SSSR count). The summed E-state index contributed by atoms with van der Waals surface area (Å²) in [4.78, 5) is 9.41. The van der Waals surface area contributed by atoms with Crippen LogP contribution in [0.25, 0.3) is 11.3 Å². The summed E-state index contributed by atoms with van der Waals surface area (Å²) in [5.41, 5.74) is 3.18. The standard InChI is InChI=1S/C15H21N5/c1-4-7-20-9-12(8-17-20)13-10(2)14(16-3)19-15(18-13)11-5-6-11/h8-9,11H,4-7H2,1-3H3,(H,16,18,19). The molecule has 1 fully saturated rings. The number of aromatic nitrogens is 4. The van der Waals surface area contributed by atoms with Crippen LogP contribution in [0.1, 0.15) is 43.5 Å². The van der Waals surface area contributed by atoms with Gasteiger partial charge in [-0.3, -0.25) is 4.68 Å². The van der Waals surface area contributed by atoms with Gasteiger partial charge in [0, 0.05) is 36.8 Å². The molecule has 0 saturated heterocycles. The summed E-state index contributed by atoms with van der Waals surface area (Å²) in [7, 11) is 1.91. The molecule has 0 spiro atoms. The number of hydrogen-bond donors (Lipinski definition) is 1. The first-order chi connectivity index (χ1) is 9.72. The zero-order valence-electron chi connectivity index (χ0n) is 12.3. The van der Waals surface area contributed by atoms with Gasteiger partial charge in [-0.15, -0.1) is 0 Å². The van der Waals surface area contributed by atoms with Crippen LogP contribution in [0.2, 0.25) is 0 Å². The fourth-order valence-electron chi connectivity index (χ4n) is 2.42. The normalized spacial score (nSPS) is 14.6. The molecule has 20 heavy (non-hydrogen) atoms. The predicted molar refractivity (Wildman–Crippen MR) is 79.8 cm³/mol. The van der Waals surface area contributed by atoms with Gasteiger partial charge in [0.2, 0.25) is 0 Å². The first-order valence-electron chi connectivity index (χ1n) is 7.32. The summed E-state index contributed by atoms with van der Waals surface area (Å²) >= 11 is 0. The van der Waals surface area contributed by atoms with Gasteiger partial charge in [0.25, 0.3) is 0 Å². The van der Waals surface area contributed by atoms with E-state index < -0.39 is 0 Å². The lowest BCUT2D eigenvalue weighted by Crippen LogP contribution is -2.04. The van der Waals surface area contributed by atoms with E-state index in [0.29, 0.717) is 5.92 Å². The van der Waals surface area contributed by atoms with Gasteiger partial charge in [0.1, 0.15) is 11.6 Å². The maximum absolute atomic E-state index is 4.78. The lowest BCUT2D eigenvalue weighted by atomic mass is 10.1. The van der Waals surface area contributed by atoms with E-state index in [1.54, 1.807) is 0 Å². The molecular weight excluding hydrogens is 250 g/mol. The van der Waals surface area contributed by atoms with Crippen LogP contribution < -0.4 is 5.32 Å². The minimum atomic E-state index is 0.548. The Balaban J connectivity index is 2.03. The van der Waals surface area contributed by atoms with Gasteiger partial charge in [-0.05, 0) is 26.2 Å². The molecular formula is C15H21N5. The van der Waals surface area contributed by atoms with E-state index in [9.17, 15) is 0 Å². The predicted octanol–water partition coefficient (Wildman–Crippen LogP) is 2.98. The summed E-state index contributed by atoms with van der Waals surface area (Å²) in [5, 5.41) is 7.59. The average molecular weight is 271 g/mol. The monoisotopic (exact) mass is 271 g/mol. The lowest BCUT2D eigenvalue weighted by molar-refractivity contribution is 0.603. The first-order valence-corrected chi connectivity index (χ1v) is 7.32. The minimum Gasteiger partial charge on any atom is -0.373 e. The van der Waals surface area contributed by atoms with E-state index in [1.165, 1.54) is 12.8 Å². The van der Waals surface area contributed by atoms with Gasteiger partial charge in [-0.2, -0.15) is 5.10 Å². The van der Waals surface area contributed by atoms with Crippen molar-refractivity contribution in [2.45, 2.75) is 45.6 Å². The number of aryl methyl sites for hydroxylation is 1. The Morgan fingerprint density at radius 1 is 1.35 bits per heavy atom. The molecule has 2 heterocycles. The number of hydrogen-bond acceptors (Lipinski definition) is 4. The van der Waals surface area contributed by atoms with Crippen LogP contribution in [0.5, 0.6) is 0 Å². The molecule has 5 nitrogen and oxygen atoms in total. The van der Waals surface area contributed by atoms with Crippen molar-refractivity contribution in [2.24, 2.45) is 0 Å². The van der Waals surface area contributed by atoms with Crippen molar-refractivity contribution in [1.29, 1.82) is 0 Å². The molecule has 0 radical (unpaired) electrons. The van der Waals surface area contributed by atoms with E-state index in [0.717, 1.165) is 41.4 Å². The topological polar surface area (TPSA) is 55.6 Å². The smallest absolute Gasteiger partial charge is 0.134 e. The van der Waals surface area contributed by atoms with E-state index >= 15 is 0 Å². The Morgan fingerprint density at radius 3 is 2.80 bits per heavy atom. The number of nitrogens with one attached hydrogen (secondary N) is 1. The van der Waals surface area contributed by atoms with Crippen LogP contribution >= 0.6 is 0 Å². The van der Waals surface area contributed by atoms with Crippen molar-refractivity contribution in [3.8, 4) is 11.3 Å². The summed E-state index contributed by atoms with van der Waals surface area (Å²) in [5.74, 6) is 2.45. The van der Waals surface area contributed by atoms with Gasteiger partial charge in [0.05, 0.1) is 11.9 Å². The second-order valence-electron chi connectivity index (χ2n) is 5.42. The third-order valence-electron chi connectivity index (χ3n) is 3.70. The molecule has 2 aromatic rings. The number of nitrogens with zero attached hydrogens (tertiary/aromatic N) is 4. The van der Waals surface area contributed by atoms with E-state index in [2.05, 4.69) is 35.4 Å². The highest BCUT2D eigenvalue weighted by atomic mass is 15.3. The van der Waals surface area contributed by atoms with Gasteiger partial charge in [-0.1, -0.05) is 6.92 Å². The highest BCUT2D eigenvalue weighted by Gasteiger charge is 2.28. The third kappa shape index (κ3) is 2.40. The van der Waals surface area contributed by atoms with Gasteiger partial charge in [-0.25, -0.2) is 9.97 Å². The molecule has 0 aliphatic heterocycles. The Kier molecular flexibility index (Phi) is 3.42.